The molecule has 0 N–H and O–H groups in total. The van der Waals surface area contributed by atoms with E-state index in [2.05, 4.69) is 16.0 Å². The molecule has 4 heteroatoms. The van der Waals surface area contributed by atoms with Gasteiger partial charge in [-0.3, -0.25) is 4.79 Å². The van der Waals surface area contributed by atoms with Crippen LogP contribution in [0.15, 0.2) is 30.3 Å². The molecule has 0 bridgehead atoms. The number of para-hydroxylation sites is 1. The van der Waals surface area contributed by atoms with Gasteiger partial charge in [0, 0.05) is 18.2 Å². The Bertz CT molecular complexity index is 690. The van der Waals surface area contributed by atoms with Crippen molar-refractivity contribution in [1.82, 2.24) is 9.88 Å². The summed E-state index contributed by atoms with van der Waals surface area (Å²) >= 11 is 1.65. The molecular formula is C20H24N2OS. The molecule has 0 atom stereocenters. The van der Waals surface area contributed by atoms with Gasteiger partial charge in [-0.1, -0.05) is 37.8 Å². The first-order valence-corrected chi connectivity index (χ1v) is 9.99. The van der Waals surface area contributed by atoms with Gasteiger partial charge in [0.2, 0.25) is 5.91 Å². The fourth-order valence-electron chi connectivity index (χ4n) is 4.21. The number of thiazole rings is 1. The molecule has 1 aromatic carbocycles. The fraction of sp³-hybridized carbons (Fsp3) is 0.500. The van der Waals surface area contributed by atoms with Gasteiger partial charge in [-0.2, -0.15) is 0 Å². The molecule has 0 spiro atoms. The number of hydrogen-bond acceptors (Lipinski definition) is 3. The van der Waals surface area contributed by atoms with Gasteiger partial charge in [0.1, 0.15) is 5.01 Å². The van der Waals surface area contributed by atoms with Crippen molar-refractivity contribution in [3.8, 4) is 0 Å². The number of carbonyl (C=O) groups is 1. The van der Waals surface area contributed by atoms with Crippen LogP contribution in [0.3, 0.4) is 0 Å². The summed E-state index contributed by atoms with van der Waals surface area (Å²) in [7, 11) is 0. The number of carbonyl (C=O) groups excluding carboxylic acids is 1. The molecule has 0 saturated heterocycles. The van der Waals surface area contributed by atoms with Crippen molar-refractivity contribution in [1.29, 1.82) is 0 Å². The van der Waals surface area contributed by atoms with E-state index >= 15 is 0 Å². The summed E-state index contributed by atoms with van der Waals surface area (Å²) in [6, 6.07) is 9.05. The topological polar surface area (TPSA) is 33.2 Å². The first kappa shape index (κ1) is 15.8. The Labute approximate surface area is 147 Å². The smallest absolute Gasteiger partial charge is 0.247 e. The summed E-state index contributed by atoms with van der Waals surface area (Å²) in [4.78, 5) is 19.7. The van der Waals surface area contributed by atoms with Crippen LogP contribution in [-0.2, 0) is 4.79 Å². The highest BCUT2D eigenvalue weighted by molar-refractivity contribution is 7.19. The number of aromatic nitrogens is 1. The number of rotatable bonds is 4. The molecule has 4 rings (SSSR count). The molecule has 24 heavy (non-hydrogen) atoms. The van der Waals surface area contributed by atoms with Crippen molar-refractivity contribution in [2.45, 2.75) is 63.5 Å². The first-order chi connectivity index (χ1) is 11.8. The Morgan fingerprint density at radius 2 is 1.67 bits per heavy atom. The third kappa shape index (κ3) is 3.25. The molecule has 2 aromatic rings. The number of benzene rings is 1. The van der Waals surface area contributed by atoms with Crippen LogP contribution < -0.4 is 0 Å². The Kier molecular flexibility index (Phi) is 4.65. The van der Waals surface area contributed by atoms with E-state index in [1.54, 1.807) is 17.4 Å². The quantitative estimate of drug-likeness (QED) is 0.732. The summed E-state index contributed by atoms with van der Waals surface area (Å²) in [5, 5.41) is 0.919. The predicted molar refractivity (Wildman–Crippen MR) is 100 cm³/mol. The molecule has 3 nitrogen and oxygen atoms in total. The molecule has 2 fully saturated rings. The van der Waals surface area contributed by atoms with Crippen LogP contribution in [0, 0.1) is 0 Å². The second-order valence-electron chi connectivity index (χ2n) is 6.98. The third-order valence-electron chi connectivity index (χ3n) is 5.37. The maximum absolute atomic E-state index is 12.9. The summed E-state index contributed by atoms with van der Waals surface area (Å²) in [5.74, 6) is 0.188. The highest BCUT2D eigenvalue weighted by Crippen LogP contribution is 2.32. The lowest BCUT2D eigenvalue weighted by molar-refractivity contribution is -0.130. The summed E-state index contributed by atoms with van der Waals surface area (Å²) in [6.45, 7) is 0. The van der Waals surface area contributed by atoms with Crippen LogP contribution in [0.5, 0.6) is 0 Å². The lowest BCUT2D eigenvalue weighted by Crippen LogP contribution is -2.44. The Hall–Kier alpha value is -1.68. The van der Waals surface area contributed by atoms with Crippen molar-refractivity contribution in [3.63, 3.8) is 0 Å². The van der Waals surface area contributed by atoms with E-state index in [4.69, 9.17) is 0 Å². The van der Waals surface area contributed by atoms with Gasteiger partial charge < -0.3 is 4.90 Å². The largest absolute Gasteiger partial charge is 0.333 e. The van der Waals surface area contributed by atoms with E-state index < -0.39 is 0 Å². The normalized spacial score (nSPS) is 19.7. The highest BCUT2D eigenvalue weighted by Gasteiger charge is 2.32. The predicted octanol–water partition coefficient (Wildman–Crippen LogP) is 5.02. The van der Waals surface area contributed by atoms with Crippen LogP contribution in [0.25, 0.3) is 16.3 Å². The van der Waals surface area contributed by atoms with Crippen LogP contribution >= 0.6 is 11.3 Å². The number of amides is 1. The minimum absolute atomic E-state index is 0.188. The van der Waals surface area contributed by atoms with E-state index in [0.717, 1.165) is 10.5 Å². The van der Waals surface area contributed by atoms with E-state index in [-0.39, 0.29) is 5.91 Å². The standard InChI is InChI=1S/C20H24N2OS/c23-20(14-13-19-21-17-11-5-6-12-18(17)24-19)22(15-7-1-2-8-15)16-9-3-4-10-16/h5-6,11-16H,1-4,7-10H2/b14-13+. The van der Waals surface area contributed by atoms with Gasteiger partial charge in [-0.15, -0.1) is 11.3 Å². The Balaban J connectivity index is 1.53. The number of hydrogen-bond donors (Lipinski definition) is 0. The van der Waals surface area contributed by atoms with Gasteiger partial charge in [-0.25, -0.2) is 4.98 Å². The number of nitrogens with zero attached hydrogens (tertiary/aromatic N) is 2. The van der Waals surface area contributed by atoms with E-state index in [0.29, 0.717) is 12.1 Å². The molecule has 2 saturated carbocycles. The maximum atomic E-state index is 12.9. The zero-order chi connectivity index (χ0) is 16.4. The van der Waals surface area contributed by atoms with Gasteiger partial charge in [-0.05, 0) is 43.9 Å². The van der Waals surface area contributed by atoms with Crippen molar-refractivity contribution in [2.24, 2.45) is 0 Å². The fourth-order valence-corrected chi connectivity index (χ4v) is 5.08. The minimum atomic E-state index is 0.188. The van der Waals surface area contributed by atoms with Crippen molar-refractivity contribution >= 4 is 33.5 Å². The molecule has 0 unspecified atom stereocenters. The highest BCUT2D eigenvalue weighted by atomic mass is 32.1. The molecule has 0 radical (unpaired) electrons. The van der Waals surface area contributed by atoms with Gasteiger partial charge in [0.15, 0.2) is 0 Å². The van der Waals surface area contributed by atoms with Crippen molar-refractivity contribution in [3.05, 3.63) is 35.3 Å². The van der Waals surface area contributed by atoms with Crippen LogP contribution in [0.2, 0.25) is 0 Å². The van der Waals surface area contributed by atoms with Gasteiger partial charge in [0.05, 0.1) is 10.2 Å². The molecule has 2 aliphatic carbocycles. The van der Waals surface area contributed by atoms with Crippen molar-refractivity contribution in [2.75, 3.05) is 0 Å². The van der Waals surface area contributed by atoms with Crippen molar-refractivity contribution < 1.29 is 4.79 Å². The Morgan fingerprint density at radius 3 is 2.29 bits per heavy atom. The average molecular weight is 340 g/mol. The van der Waals surface area contributed by atoms with Gasteiger partial charge >= 0.3 is 0 Å². The van der Waals surface area contributed by atoms with E-state index in [9.17, 15) is 4.79 Å². The molecule has 0 aliphatic heterocycles. The molecular weight excluding hydrogens is 316 g/mol. The third-order valence-corrected chi connectivity index (χ3v) is 6.37. The zero-order valence-electron chi connectivity index (χ0n) is 14.0. The summed E-state index contributed by atoms with van der Waals surface area (Å²) < 4.78 is 1.17. The number of fused-ring (bicyclic) bond motifs is 1. The maximum Gasteiger partial charge on any atom is 0.247 e. The second-order valence-corrected chi connectivity index (χ2v) is 8.04. The molecule has 1 amide bonds. The van der Waals surface area contributed by atoms with Crippen LogP contribution in [-0.4, -0.2) is 27.9 Å². The lowest BCUT2D eigenvalue weighted by atomic mass is 10.1. The van der Waals surface area contributed by atoms with Gasteiger partial charge in [0.25, 0.3) is 0 Å². The lowest BCUT2D eigenvalue weighted by Gasteiger charge is -2.33. The minimum Gasteiger partial charge on any atom is -0.333 e. The van der Waals surface area contributed by atoms with E-state index in [1.165, 1.54) is 56.1 Å². The second kappa shape index (κ2) is 7.06. The SMILES string of the molecule is O=C(/C=C/c1nc2ccccc2s1)N(C1CCCC1)C1CCCC1. The first-order valence-electron chi connectivity index (χ1n) is 9.17. The van der Waals surface area contributed by atoms with E-state index in [1.807, 2.05) is 24.3 Å². The molecule has 1 aromatic heterocycles. The van der Waals surface area contributed by atoms with Crippen LogP contribution in [0.1, 0.15) is 56.4 Å². The summed E-state index contributed by atoms with van der Waals surface area (Å²) in [5.41, 5.74) is 1.01. The monoisotopic (exact) mass is 340 g/mol. The summed E-state index contributed by atoms with van der Waals surface area (Å²) in [6.07, 6.45) is 13.4. The average Bonchev–Trinajstić information content (AvgIpc) is 3.34. The van der Waals surface area contributed by atoms with Crippen LogP contribution in [0.4, 0.5) is 0 Å². The molecule has 2 aliphatic rings. The Morgan fingerprint density at radius 1 is 1.04 bits per heavy atom. The molecule has 126 valence electrons. The zero-order valence-corrected chi connectivity index (χ0v) is 14.8. The molecule has 1 heterocycles.